The number of nitrogens with zero attached hydrogens (tertiary/aromatic N) is 1. The summed E-state index contributed by atoms with van der Waals surface area (Å²) in [5.74, 6) is 0.796. The van der Waals surface area contributed by atoms with E-state index in [2.05, 4.69) is 36.7 Å². The number of para-hydroxylation sites is 1. The molecule has 3 rings (SSSR count). The second-order valence-electron chi connectivity index (χ2n) is 6.27. The first-order valence-electron chi connectivity index (χ1n) is 8.60. The van der Waals surface area contributed by atoms with E-state index in [1.807, 2.05) is 30.3 Å². The molecule has 0 atom stereocenters. The third-order valence-corrected chi connectivity index (χ3v) is 4.73. The van der Waals surface area contributed by atoms with Crippen LogP contribution in [0.5, 0.6) is 5.75 Å². The maximum absolute atomic E-state index is 8.26. The van der Waals surface area contributed by atoms with Crippen LogP contribution in [0.3, 0.4) is 0 Å². The van der Waals surface area contributed by atoms with Crippen LogP contribution >= 0.6 is 24.0 Å². The number of nitrogens with one attached hydrogen (secondary N) is 1. The Hall–Kier alpha value is -1.97. The normalized spacial score (nSPS) is 10.6. The quantitative estimate of drug-likeness (QED) is 0.479. The van der Waals surface area contributed by atoms with E-state index in [0.717, 1.165) is 30.0 Å². The summed E-state index contributed by atoms with van der Waals surface area (Å²) in [7, 11) is 2.07. The Labute approximate surface area is 165 Å². The highest BCUT2D eigenvalue weighted by molar-refractivity contribution is 6.30. The molecule has 0 fully saturated rings. The monoisotopic (exact) mass is 390 g/mol. The molecule has 3 nitrogen and oxygen atoms in total. The van der Waals surface area contributed by atoms with Gasteiger partial charge in [-0.2, -0.15) is 0 Å². The lowest BCUT2D eigenvalue weighted by Crippen LogP contribution is -2.08. The van der Waals surface area contributed by atoms with Gasteiger partial charge in [-0.05, 0) is 42.3 Å². The zero-order valence-electron chi connectivity index (χ0n) is 15.1. The van der Waals surface area contributed by atoms with E-state index in [9.17, 15) is 0 Å². The molecule has 2 aromatic carbocycles. The van der Waals surface area contributed by atoms with Gasteiger partial charge in [0.15, 0.2) is 0 Å². The summed E-state index contributed by atoms with van der Waals surface area (Å²) in [6, 6.07) is 15.8. The Morgan fingerprint density at radius 3 is 2.50 bits per heavy atom. The molecule has 0 bridgehead atoms. The average molecular weight is 391 g/mol. The van der Waals surface area contributed by atoms with Gasteiger partial charge in [-0.15, -0.1) is 12.4 Å². The largest absolute Gasteiger partial charge is 0.487 e. The number of aryl methyl sites for hydroxylation is 1. The van der Waals surface area contributed by atoms with E-state index in [1.165, 1.54) is 16.5 Å². The minimum Gasteiger partial charge on any atom is -0.487 e. The molecule has 3 aromatic rings. The summed E-state index contributed by atoms with van der Waals surface area (Å²) < 4.78 is 8.17. The zero-order chi connectivity index (χ0) is 17.8. The van der Waals surface area contributed by atoms with Crippen molar-refractivity contribution in [2.45, 2.75) is 32.8 Å². The van der Waals surface area contributed by atoms with Crippen molar-refractivity contribution in [2.24, 2.45) is 7.05 Å². The van der Waals surface area contributed by atoms with Crippen molar-refractivity contribution in [1.82, 2.24) is 4.57 Å². The van der Waals surface area contributed by atoms with E-state index in [1.54, 1.807) is 0 Å². The Morgan fingerprint density at radius 1 is 1.12 bits per heavy atom. The van der Waals surface area contributed by atoms with Crippen LogP contribution in [-0.2, 0) is 20.1 Å². The molecular weight excluding hydrogens is 367 g/mol. The first kappa shape index (κ1) is 20.3. The van der Waals surface area contributed by atoms with Crippen molar-refractivity contribution in [3.05, 3.63) is 64.8 Å². The zero-order valence-corrected chi connectivity index (χ0v) is 16.7. The molecule has 0 aliphatic rings. The molecule has 1 N–H and O–H groups in total. The Balaban J connectivity index is 0.00000243. The number of halogens is 2. The summed E-state index contributed by atoms with van der Waals surface area (Å²) in [5.41, 5.74) is 4.27. The number of rotatable bonds is 7. The molecule has 5 heteroatoms. The summed E-state index contributed by atoms with van der Waals surface area (Å²) in [4.78, 5) is 0. The van der Waals surface area contributed by atoms with E-state index < -0.39 is 0 Å². The molecular formula is C21H24Cl2N2O. The summed E-state index contributed by atoms with van der Waals surface area (Å²) in [6.07, 6.45) is 2.51. The highest BCUT2D eigenvalue weighted by Gasteiger charge is 2.16. The van der Waals surface area contributed by atoms with Gasteiger partial charge in [0.1, 0.15) is 12.4 Å². The van der Waals surface area contributed by atoms with Crippen LogP contribution in [0.4, 0.5) is 0 Å². The molecule has 0 radical (unpaired) electrons. The number of hydrogen-bond donors (Lipinski definition) is 1. The third-order valence-electron chi connectivity index (χ3n) is 4.47. The van der Waals surface area contributed by atoms with Crippen molar-refractivity contribution >= 4 is 40.6 Å². The van der Waals surface area contributed by atoms with Crippen molar-refractivity contribution in [3.63, 3.8) is 0 Å². The molecule has 0 spiro atoms. The molecule has 0 aliphatic heterocycles. The molecule has 0 saturated heterocycles. The molecule has 0 aliphatic carbocycles. The number of hydrogen-bond acceptors (Lipinski definition) is 2. The minimum absolute atomic E-state index is 0. The van der Waals surface area contributed by atoms with Crippen LogP contribution in [-0.4, -0.2) is 10.3 Å². The standard InChI is InChI=1S/C21H23ClN2O.ClH/c1-3-6-16(23)13-19-18-7-4-5-8-20(18)24(2)21(19)14-25-17-11-9-15(22)10-12-17;/h4-5,7-12,23H,3,6,13-14H2,1-2H3;1H. The van der Waals surface area contributed by atoms with Gasteiger partial charge in [-0.3, -0.25) is 0 Å². The van der Waals surface area contributed by atoms with Crippen LogP contribution in [0, 0.1) is 5.41 Å². The molecule has 1 aromatic heterocycles. The second kappa shape index (κ2) is 9.11. The van der Waals surface area contributed by atoms with Crippen molar-refractivity contribution in [3.8, 4) is 5.75 Å². The highest BCUT2D eigenvalue weighted by Crippen LogP contribution is 2.28. The average Bonchev–Trinajstić information content (AvgIpc) is 2.87. The number of fused-ring (bicyclic) bond motifs is 1. The van der Waals surface area contributed by atoms with Crippen LogP contribution in [0.25, 0.3) is 10.9 Å². The first-order valence-corrected chi connectivity index (χ1v) is 8.97. The minimum atomic E-state index is 0. The second-order valence-corrected chi connectivity index (χ2v) is 6.71. The lowest BCUT2D eigenvalue weighted by Gasteiger charge is -2.11. The predicted octanol–water partition coefficient (Wildman–Crippen LogP) is 6.19. The Morgan fingerprint density at radius 2 is 1.81 bits per heavy atom. The van der Waals surface area contributed by atoms with Crippen molar-refractivity contribution in [1.29, 1.82) is 5.41 Å². The van der Waals surface area contributed by atoms with Gasteiger partial charge >= 0.3 is 0 Å². The fraction of sp³-hybridized carbons (Fsp3) is 0.286. The number of benzene rings is 2. The van der Waals surface area contributed by atoms with Crippen LogP contribution in [0.2, 0.25) is 5.02 Å². The van der Waals surface area contributed by atoms with Gasteiger partial charge in [0, 0.05) is 35.1 Å². The molecule has 0 unspecified atom stereocenters. The SMILES string of the molecule is CCCC(=N)Cc1c(COc2ccc(Cl)cc2)n(C)c2ccccc12.Cl. The Kier molecular flexibility index (Phi) is 7.13. The third kappa shape index (κ3) is 4.40. The molecule has 0 saturated carbocycles. The fourth-order valence-electron chi connectivity index (χ4n) is 3.19. The predicted molar refractivity (Wildman–Crippen MR) is 112 cm³/mol. The highest BCUT2D eigenvalue weighted by atomic mass is 35.5. The Bertz CT molecular complexity index is 885. The van der Waals surface area contributed by atoms with Crippen molar-refractivity contribution < 1.29 is 4.74 Å². The topological polar surface area (TPSA) is 38.0 Å². The van der Waals surface area contributed by atoms with E-state index in [4.69, 9.17) is 21.7 Å². The van der Waals surface area contributed by atoms with E-state index in [0.29, 0.717) is 18.1 Å². The number of aromatic nitrogens is 1. The van der Waals surface area contributed by atoms with Gasteiger partial charge < -0.3 is 14.7 Å². The van der Waals surface area contributed by atoms with Crippen LogP contribution < -0.4 is 4.74 Å². The molecule has 1 heterocycles. The maximum atomic E-state index is 8.26. The summed E-state index contributed by atoms with van der Waals surface area (Å²) >= 11 is 5.94. The van der Waals surface area contributed by atoms with Gasteiger partial charge in [0.2, 0.25) is 0 Å². The fourth-order valence-corrected chi connectivity index (χ4v) is 3.32. The molecule has 0 amide bonds. The lowest BCUT2D eigenvalue weighted by atomic mass is 10.0. The van der Waals surface area contributed by atoms with E-state index >= 15 is 0 Å². The summed E-state index contributed by atoms with van der Waals surface area (Å²) in [5, 5.41) is 10.2. The smallest absolute Gasteiger partial charge is 0.129 e. The first-order chi connectivity index (χ1) is 12.1. The lowest BCUT2D eigenvalue weighted by molar-refractivity contribution is 0.296. The number of ether oxygens (including phenoxy) is 1. The van der Waals surface area contributed by atoms with Gasteiger partial charge in [0.05, 0.1) is 5.69 Å². The molecule has 138 valence electrons. The van der Waals surface area contributed by atoms with Gasteiger partial charge in [0.25, 0.3) is 0 Å². The van der Waals surface area contributed by atoms with Crippen molar-refractivity contribution in [2.75, 3.05) is 0 Å². The van der Waals surface area contributed by atoms with Crippen LogP contribution in [0.15, 0.2) is 48.5 Å². The summed E-state index contributed by atoms with van der Waals surface area (Å²) in [6.45, 7) is 2.59. The van der Waals surface area contributed by atoms with E-state index in [-0.39, 0.29) is 12.4 Å². The van der Waals surface area contributed by atoms with Gasteiger partial charge in [-0.1, -0.05) is 43.1 Å². The molecule has 26 heavy (non-hydrogen) atoms. The van der Waals surface area contributed by atoms with Gasteiger partial charge in [-0.25, -0.2) is 0 Å². The van der Waals surface area contributed by atoms with Crippen LogP contribution in [0.1, 0.15) is 31.0 Å². The maximum Gasteiger partial charge on any atom is 0.129 e.